The van der Waals surface area contributed by atoms with Crippen molar-refractivity contribution in [3.63, 3.8) is 0 Å². The standard InChI is InChI=1S/C11H12F3NO3/c12-11(13,14)7-15-10(17)6-18-9-4-2-1-3-8(9)5-16/h1-4,16H,5-7H2,(H,15,17). The Bertz CT molecular complexity index is 407. The van der Waals surface area contributed by atoms with E-state index in [4.69, 9.17) is 9.84 Å². The highest BCUT2D eigenvalue weighted by Crippen LogP contribution is 2.17. The molecule has 0 radical (unpaired) electrons. The number of alkyl halides is 3. The molecule has 18 heavy (non-hydrogen) atoms. The second-order valence-electron chi connectivity index (χ2n) is 3.45. The van der Waals surface area contributed by atoms with E-state index in [0.29, 0.717) is 5.56 Å². The molecule has 1 aromatic carbocycles. The van der Waals surface area contributed by atoms with Crippen molar-refractivity contribution in [3.8, 4) is 5.75 Å². The van der Waals surface area contributed by atoms with Gasteiger partial charge in [0.05, 0.1) is 6.61 Å². The molecule has 0 aliphatic rings. The van der Waals surface area contributed by atoms with Crippen molar-refractivity contribution in [3.05, 3.63) is 29.8 Å². The fourth-order valence-electron chi connectivity index (χ4n) is 1.17. The van der Waals surface area contributed by atoms with Crippen LogP contribution in [0, 0.1) is 0 Å². The van der Waals surface area contributed by atoms with Crippen LogP contribution in [0.5, 0.6) is 5.75 Å². The molecule has 0 aliphatic heterocycles. The van der Waals surface area contributed by atoms with Gasteiger partial charge in [-0.25, -0.2) is 0 Å². The summed E-state index contributed by atoms with van der Waals surface area (Å²) in [6.07, 6.45) is -4.45. The first-order valence-electron chi connectivity index (χ1n) is 5.07. The normalized spacial score (nSPS) is 11.1. The number of benzene rings is 1. The molecular formula is C11H12F3NO3. The molecule has 0 bridgehead atoms. The number of aliphatic hydroxyl groups is 1. The van der Waals surface area contributed by atoms with Gasteiger partial charge in [0.25, 0.3) is 5.91 Å². The van der Waals surface area contributed by atoms with Crippen LogP contribution >= 0.6 is 0 Å². The summed E-state index contributed by atoms with van der Waals surface area (Å²) < 4.78 is 40.4. The quantitative estimate of drug-likeness (QED) is 0.840. The lowest BCUT2D eigenvalue weighted by atomic mass is 10.2. The van der Waals surface area contributed by atoms with Crippen molar-refractivity contribution >= 4 is 5.91 Å². The Balaban J connectivity index is 2.43. The predicted molar refractivity (Wildman–Crippen MR) is 56.9 cm³/mol. The zero-order valence-corrected chi connectivity index (χ0v) is 9.33. The summed E-state index contributed by atoms with van der Waals surface area (Å²) >= 11 is 0. The molecule has 100 valence electrons. The van der Waals surface area contributed by atoms with Crippen LogP contribution in [0.4, 0.5) is 13.2 Å². The number of nitrogens with one attached hydrogen (secondary N) is 1. The number of para-hydroxylation sites is 1. The van der Waals surface area contributed by atoms with Crippen molar-refractivity contribution in [2.24, 2.45) is 0 Å². The number of hydrogen-bond donors (Lipinski definition) is 2. The molecule has 0 heterocycles. The molecule has 0 saturated heterocycles. The zero-order valence-electron chi connectivity index (χ0n) is 9.33. The van der Waals surface area contributed by atoms with Crippen LogP contribution in [0.25, 0.3) is 0 Å². The van der Waals surface area contributed by atoms with Crippen molar-refractivity contribution in [1.82, 2.24) is 5.32 Å². The Morgan fingerprint density at radius 1 is 1.33 bits per heavy atom. The zero-order chi connectivity index (χ0) is 13.6. The van der Waals surface area contributed by atoms with Gasteiger partial charge >= 0.3 is 6.18 Å². The maximum Gasteiger partial charge on any atom is 0.405 e. The summed E-state index contributed by atoms with van der Waals surface area (Å²) in [5.41, 5.74) is 0.459. The van der Waals surface area contributed by atoms with E-state index in [1.54, 1.807) is 23.5 Å². The number of amides is 1. The van der Waals surface area contributed by atoms with Crippen molar-refractivity contribution in [1.29, 1.82) is 0 Å². The monoisotopic (exact) mass is 263 g/mol. The molecule has 0 aliphatic carbocycles. The third-order valence-corrected chi connectivity index (χ3v) is 1.99. The molecule has 7 heteroatoms. The lowest BCUT2D eigenvalue weighted by molar-refractivity contribution is -0.139. The van der Waals surface area contributed by atoms with E-state index in [9.17, 15) is 18.0 Å². The molecule has 0 atom stereocenters. The highest BCUT2D eigenvalue weighted by molar-refractivity contribution is 5.77. The molecule has 1 rings (SSSR count). The molecule has 4 nitrogen and oxygen atoms in total. The molecule has 1 amide bonds. The van der Waals surface area contributed by atoms with Crippen molar-refractivity contribution < 1.29 is 27.8 Å². The summed E-state index contributed by atoms with van der Waals surface area (Å²) in [6.45, 7) is -2.20. The smallest absolute Gasteiger partial charge is 0.405 e. The molecular weight excluding hydrogens is 251 g/mol. The number of carbonyl (C=O) groups excluding carboxylic acids is 1. The molecule has 2 N–H and O–H groups in total. The van der Waals surface area contributed by atoms with Gasteiger partial charge in [0, 0.05) is 5.56 Å². The first-order chi connectivity index (χ1) is 8.42. The Hall–Kier alpha value is -1.76. The van der Waals surface area contributed by atoms with Crippen LogP contribution < -0.4 is 10.1 Å². The van der Waals surface area contributed by atoms with E-state index in [2.05, 4.69) is 0 Å². The summed E-state index contributed by atoms with van der Waals surface area (Å²) in [6, 6.07) is 6.40. The molecule has 0 aromatic heterocycles. The van der Waals surface area contributed by atoms with E-state index in [-0.39, 0.29) is 12.4 Å². The minimum Gasteiger partial charge on any atom is -0.483 e. The van der Waals surface area contributed by atoms with Gasteiger partial charge in [-0.05, 0) is 6.07 Å². The number of ether oxygens (including phenoxy) is 1. The van der Waals surface area contributed by atoms with E-state index in [1.807, 2.05) is 0 Å². The van der Waals surface area contributed by atoms with Gasteiger partial charge in [-0.2, -0.15) is 13.2 Å². The van der Waals surface area contributed by atoms with Crippen LogP contribution in [-0.4, -0.2) is 30.3 Å². The van der Waals surface area contributed by atoms with Gasteiger partial charge in [-0.3, -0.25) is 4.79 Å². The van der Waals surface area contributed by atoms with E-state index >= 15 is 0 Å². The second kappa shape index (κ2) is 6.25. The number of hydrogen-bond acceptors (Lipinski definition) is 3. The highest BCUT2D eigenvalue weighted by atomic mass is 19.4. The average Bonchev–Trinajstić information content (AvgIpc) is 2.33. The van der Waals surface area contributed by atoms with E-state index in [0.717, 1.165) is 0 Å². The largest absolute Gasteiger partial charge is 0.483 e. The Kier molecular flexibility index (Phi) is 4.96. The fraction of sp³-hybridized carbons (Fsp3) is 0.364. The maximum atomic E-state index is 11.8. The Labute approximate surface area is 101 Å². The van der Waals surface area contributed by atoms with Gasteiger partial charge < -0.3 is 15.2 Å². The van der Waals surface area contributed by atoms with E-state index in [1.165, 1.54) is 6.07 Å². The summed E-state index contributed by atoms with van der Waals surface area (Å²) in [5.74, 6) is -0.609. The summed E-state index contributed by atoms with van der Waals surface area (Å²) in [4.78, 5) is 11.1. The van der Waals surface area contributed by atoms with Crippen LogP contribution in [0.1, 0.15) is 5.56 Å². The Morgan fingerprint density at radius 3 is 2.61 bits per heavy atom. The lowest BCUT2D eigenvalue weighted by Gasteiger charge is -2.11. The molecule has 0 fully saturated rings. The first-order valence-corrected chi connectivity index (χ1v) is 5.07. The van der Waals surface area contributed by atoms with Gasteiger partial charge in [-0.15, -0.1) is 0 Å². The minimum atomic E-state index is -4.45. The van der Waals surface area contributed by atoms with E-state index < -0.39 is 25.2 Å². The van der Waals surface area contributed by atoms with Gasteiger partial charge in [0.2, 0.25) is 0 Å². The third kappa shape index (κ3) is 5.05. The Morgan fingerprint density at radius 2 is 2.00 bits per heavy atom. The highest BCUT2D eigenvalue weighted by Gasteiger charge is 2.27. The van der Waals surface area contributed by atoms with Crippen LogP contribution in [0.15, 0.2) is 24.3 Å². The van der Waals surface area contributed by atoms with Crippen molar-refractivity contribution in [2.45, 2.75) is 12.8 Å². The summed E-state index contributed by atoms with van der Waals surface area (Å²) in [5, 5.41) is 10.6. The summed E-state index contributed by atoms with van der Waals surface area (Å²) in [7, 11) is 0. The third-order valence-electron chi connectivity index (χ3n) is 1.99. The minimum absolute atomic E-state index is 0.266. The number of carbonyl (C=O) groups is 1. The first kappa shape index (κ1) is 14.3. The molecule has 0 spiro atoms. The topological polar surface area (TPSA) is 58.6 Å². The maximum absolute atomic E-state index is 11.8. The van der Waals surface area contributed by atoms with Crippen molar-refractivity contribution in [2.75, 3.05) is 13.2 Å². The van der Waals surface area contributed by atoms with Crippen LogP contribution in [0.3, 0.4) is 0 Å². The number of halogens is 3. The average molecular weight is 263 g/mol. The predicted octanol–water partition coefficient (Wildman–Crippen LogP) is 1.24. The molecule has 1 aromatic rings. The SMILES string of the molecule is O=C(COc1ccccc1CO)NCC(F)(F)F. The molecule has 0 unspecified atom stereocenters. The van der Waals surface area contributed by atoms with Gasteiger partial charge in [0.15, 0.2) is 6.61 Å². The molecule has 0 saturated carbocycles. The number of aliphatic hydroxyl groups excluding tert-OH is 1. The second-order valence-corrected chi connectivity index (χ2v) is 3.45. The fourth-order valence-corrected chi connectivity index (χ4v) is 1.17. The van der Waals surface area contributed by atoms with Crippen LogP contribution in [0.2, 0.25) is 0 Å². The van der Waals surface area contributed by atoms with Gasteiger partial charge in [0.1, 0.15) is 12.3 Å². The number of rotatable bonds is 5. The lowest BCUT2D eigenvalue weighted by Crippen LogP contribution is -2.36. The van der Waals surface area contributed by atoms with Crippen LogP contribution in [-0.2, 0) is 11.4 Å². The van der Waals surface area contributed by atoms with Gasteiger partial charge in [-0.1, -0.05) is 18.2 Å².